The summed E-state index contributed by atoms with van der Waals surface area (Å²) < 4.78 is 0. The molecule has 0 aliphatic rings. The number of rotatable bonds is 7. The van der Waals surface area contributed by atoms with Crippen molar-refractivity contribution in [2.45, 2.75) is 45.9 Å². The van der Waals surface area contributed by atoms with E-state index in [0.717, 1.165) is 12.3 Å². The maximum Gasteiger partial charge on any atom is 0.0184 e. The van der Waals surface area contributed by atoms with Crippen LogP contribution < -0.4 is 5.32 Å². The van der Waals surface area contributed by atoms with Crippen LogP contribution in [-0.4, -0.2) is 18.3 Å². The average Bonchev–Trinajstić information content (AvgIpc) is 2.21. The second kappa shape index (κ2) is 7.78. The van der Waals surface area contributed by atoms with Gasteiger partial charge in [0.15, 0.2) is 0 Å². The van der Waals surface area contributed by atoms with Crippen LogP contribution in [-0.2, 0) is 5.75 Å². The Morgan fingerprint density at radius 2 is 1.76 bits per heavy atom. The van der Waals surface area contributed by atoms with Crippen molar-refractivity contribution in [3.05, 3.63) is 34.9 Å². The van der Waals surface area contributed by atoms with Crippen molar-refractivity contribution in [1.29, 1.82) is 0 Å². The number of hydrogen-bond acceptors (Lipinski definition) is 2. The SMILES string of the molecule is Cc1cc(C)cc(CSCCCNC(C)C)c1. The van der Waals surface area contributed by atoms with Gasteiger partial charge in [-0.3, -0.25) is 0 Å². The molecule has 0 aromatic heterocycles. The van der Waals surface area contributed by atoms with Gasteiger partial charge in [-0.2, -0.15) is 11.8 Å². The summed E-state index contributed by atoms with van der Waals surface area (Å²) in [7, 11) is 0. The van der Waals surface area contributed by atoms with Crippen molar-refractivity contribution in [1.82, 2.24) is 5.32 Å². The third-order valence-electron chi connectivity index (χ3n) is 2.57. The minimum atomic E-state index is 0.611. The second-order valence-electron chi connectivity index (χ2n) is 5.01. The molecule has 0 aliphatic heterocycles. The molecule has 1 N–H and O–H groups in total. The molecule has 1 aromatic rings. The molecule has 0 saturated carbocycles. The quantitative estimate of drug-likeness (QED) is 0.737. The van der Waals surface area contributed by atoms with Crippen LogP contribution in [0.2, 0.25) is 0 Å². The van der Waals surface area contributed by atoms with E-state index in [1.54, 1.807) is 0 Å². The molecule has 0 bridgehead atoms. The Bertz CT molecular complexity index is 313. The molecule has 2 heteroatoms. The summed E-state index contributed by atoms with van der Waals surface area (Å²) in [6.45, 7) is 9.88. The number of aryl methyl sites for hydroxylation is 2. The van der Waals surface area contributed by atoms with Gasteiger partial charge in [0, 0.05) is 11.8 Å². The van der Waals surface area contributed by atoms with Crippen LogP contribution in [0.3, 0.4) is 0 Å². The molecule has 0 unspecified atom stereocenters. The average molecular weight is 251 g/mol. The molecule has 17 heavy (non-hydrogen) atoms. The maximum absolute atomic E-state index is 3.45. The highest BCUT2D eigenvalue weighted by Gasteiger charge is 1.97. The predicted octanol–water partition coefficient (Wildman–Crippen LogP) is 3.92. The van der Waals surface area contributed by atoms with E-state index in [2.05, 4.69) is 51.2 Å². The first-order valence-electron chi connectivity index (χ1n) is 6.46. The lowest BCUT2D eigenvalue weighted by Crippen LogP contribution is -2.23. The Morgan fingerprint density at radius 3 is 2.35 bits per heavy atom. The Kier molecular flexibility index (Phi) is 6.68. The van der Waals surface area contributed by atoms with E-state index >= 15 is 0 Å². The molecule has 96 valence electrons. The Balaban J connectivity index is 2.18. The minimum absolute atomic E-state index is 0.611. The van der Waals surface area contributed by atoms with Gasteiger partial charge in [0.1, 0.15) is 0 Å². The normalized spacial score (nSPS) is 11.1. The van der Waals surface area contributed by atoms with E-state index in [1.165, 1.54) is 28.9 Å². The zero-order valence-electron chi connectivity index (χ0n) is 11.5. The Hall–Kier alpha value is -0.470. The maximum atomic E-state index is 3.45. The van der Waals surface area contributed by atoms with Crippen molar-refractivity contribution in [3.8, 4) is 0 Å². The number of nitrogens with one attached hydrogen (secondary N) is 1. The topological polar surface area (TPSA) is 12.0 Å². The fourth-order valence-corrected chi connectivity index (χ4v) is 2.80. The van der Waals surface area contributed by atoms with Gasteiger partial charge in [0.2, 0.25) is 0 Å². The zero-order chi connectivity index (χ0) is 12.7. The van der Waals surface area contributed by atoms with Crippen LogP contribution >= 0.6 is 11.8 Å². The highest BCUT2D eigenvalue weighted by Crippen LogP contribution is 2.16. The molecule has 0 radical (unpaired) electrons. The van der Waals surface area contributed by atoms with Crippen LogP contribution in [0.1, 0.15) is 37.0 Å². The lowest BCUT2D eigenvalue weighted by Gasteiger charge is -2.08. The van der Waals surface area contributed by atoms with Gasteiger partial charge in [-0.15, -0.1) is 0 Å². The van der Waals surface area contributed by atoms with Crippen molar-refractivity contribution < 1.29 is 0 Å². The molecule has 0 atom stereocenters. The molecule has 0 fully saturated rings. The van der Waals surface area contributed by atoms with Crippen molar-refractivity contribution >= 4 is 11.8 Å². The van der Waals surface area contributed by atoms with Crippen LogP contribution in [0.5, 0.6) is 0 Å². The van der Waals surface area contributed by atoms with E-state index in [4.69, 9.17) is 0 Å². The summed E-state index contributed by atoms with van der Waals surface area (Å²) in [5.41, 5.74) is 4.22. The van der Waals surface area contributed by atoms with Crippen LogP contribution in [0, 0.1) is 13.8 Å². The van der Waals surface area contributed by atoms with E-state index < -0.39 is 0 Å². The third kappa shape index (κ3) is 6.75. The minimum Gasteiger partial charge on any atom is -0.315 e. The van der Waals surface area contributed by atoms with E-state index in [1.807, 2.05) is 11.8 Å². The molecular weight excluding hydrogens is 226 g/mol. The van der Waals surface area contributed by atoms with E-state index in [-0.39, 0.29) is 0 Å². The zero-order valence-corrected chi connectivity index (χ0v) is 12.4. The molecule has 0 saturated heterocycles. The van der Waals surface area contributed by atoms with E-state index in [9.17, 15) is 0 Å². The molecule has 0 amide bonds. The first-order chi connectivity index (χ1) is 8.08. The van der Waals surface area contributed by atoms with Gasteiger partial charge in [0.05, 0.1) is 0 Å². The van der Waals surface area contributed by atoms with Crippen LogP contribution in [0.15, 0.2) is 18.2 Å². The van der Waals surface area contributed by atoms with Gasteiger partial charge >= 0.3 is 0 Å². The predicted molar refractivity (Wildman–Crippen MR) is 79.8 cm³/mol. The standard InChI is InChI=1S/C15H25NS/c1-12(2)16-6-5-7-17-11-15-9-13(3)8-14(4)10-15/h8-10,12,16H,5-7,11H2,1-4H3. The summed E-state index contributed by atoms with van der Waals surface area (Å²) in [6, 6.07) is 7.44. The molecule has 1 nitrogen and oxygen atoms in total. The van der Waals surface area contributed by atoms with Crippen molar-refractivity contribution in [3.63, 3.8) is 0 Å². The first kappa shape index (κ1) is 14.6. The highest BCUT2D eigenvalue weighted by atomic mass is 32.2. The highest BCUT2D eigenvalue weighted by molar-refractivity contribution is 7.98. The van der Waals surface area contributed by atoms with Gasteiger partial charge in [-0.1, -0.05) is 43.2 Å². The first-order valence-corrected chi connectivity index (χ1v) is 7.61. The molecule has 0 heterocycles. The number of benzene rings is 1. The molecule has 0 aliphatic carbocycles. The summed E-state index contributed by atoms with van der Waals surface area (Å²) in [5, 5.41) is 3.45. The molecular formula is C15H25NS. The monoisotopic (exact) mass is 251 g/mol. The molecule has 1 rings (SSSR count). The van der Waals surface area contributed by atoms with Crippen molar-refractivity contribution in [2.75, 3.05) is 12.3 Å². The summed E-state index contributed by atoms with van der Waals surface area (Å²) in [6.07, 6.45) is 1.26. The summed E-state index contributed by atoms with van der Waals surface area (Å²) in [4.78, 5) is 0. The number of thioether (sulfide) groups is 1. The van der Waals surface area contributed by atoms with Gasteiger partial charge in [0.25, 0.3) is 0 Å². The van der Waals surface area contributed by atoms with Crippen LogP contribution in [0.4, 0.5) is 0 Å². The van der Waals surface area contributed by atoms with E-state index in [0.29, 0.717) is 6.04 Å². The molecule has 1 aromatic carbocycles. The summed E-state index contributed by atoms with van der Waals surface area (Å²) in [5.74, 6) is 2.39. The lowest BCUT2D eigenvalue weighted by molar-refractivity contribution is 0.586. The molecule has 0 spiro atoms. The largest absolute Gasteiger partial charge is 0.315 e. The Labute approximate surface area is 110 Å². The fourth-order valence-electron chi connectivity index (χ4n) is 1.91. The fraction of sp³-hybridized carbons (Fsp3) is 0.600. The lowest BCUT2D eigenvalue weighted by atomic mass is 10.1. The van der Waals surface area contributed by atoms with Crippen LogP contribution in [0.25, 0.3) is 0 Å². The van der Waals surface area contributed by atoms with Gasteiger partial charge in [-0.25, -0.2) is 0 Å². The van der Waals surface area contributed by atoms with Crippen molar-refractivity contribution in [2.24, 2.45) is 0 Å². The Morgan fingerprint density at radius 1 is 1.12 bits per heavy atom. The second-order valence-corrected chi connectivity index (χ2v) is 6.12. The smallest absolute Gasteiger partial charge is 0.0184 e. The third-order valence-corrected chi connectivity index (χ3v) is 3.68. The summed E-state index contributed by atoms with van der Waals surface area (Å²) >= 11 is 2.04. The van der Waals surface area contributed by atoms with Gasteiger partial charge < -0.3 is 5.32 Å². The van der Waals surface area contributed by atoms with Gasteiger partial charge in [-0.05, 0) is 38.1 Å². The number of hydrogen-bond donors (Lipinski definition) is 1.